The second-order valence-electron chi connectivity index (χ2n) is 9.17. The molecule has 4 nitrogen and oxygen atoms in total. The molecule has 0 saturated heterocycles. The first-order valence-corrected chi connectivity index (χ1v) is 12.3. The highest BCUT2D eigenvalue weighted by Crippen LogP contribution is 2.41. The Kier molecular flexibility index (Phi) is 13.5. The van der Waals surface area contributed by atoms with Crippen LogP contribution >= 0.6 is 0 Å². The molecule has 1 aliphatic carbocycles. The molecule has 1 aliphatic rings. The van der Waals surface area contributed by atoms with Crippen molar-refractivity contribution in [2.24, 2.45) is 11.3 Å². The maximum atomic E-state index is 11.7. The molecule has 0 spiro atoms. The Labute approximate surface area is 183 Å². The fourth-order valence-electron chi connectivity index (χ4n) is 4.52. The van der Waals surface area contributed by atoms with Crippen molar-refractivity contribution in [3.8, 4) is 0 Å². The maximum absolute atomic E-state index is 11.7. The summed E-state index contributed by atoms with van der Waals surface area (Å²) in [6.07, 6.45) is 24.6. The smallest absolute Gasteiger partial charge is 0.331 e. The minimum absolute atomic E-state index is 0.229. The summed E-state index contributed by atoms with van der Waals surface area (Å²) in [5, 5.41) is 19.1. The Morgan fingerprint density at radius 3 is 1.63 bits per heavy atom. The number of unbranched alkanes of at least 4 members (excludes halogenated alkanes) is 14. The largest absolute Gasteiger partial charge is 0.481 e. The quantitative estimate of drug-likeness (QED) is 0.225. The van der Waals surface area contributed by atoms with E-state index in [9.17, 15) is 19.8 Å². The highest BCUT2D eigenvalue weighted by atomic mass is 16.4. The van der Waals surface area contributed by atoms with Gasteiger partial charge < -0.3 is 10.2 Å². The van der Waals surface area contributed by atoms with Gasteiger partial charge in [-0.15, -0.1) is 0 Å². The average molecular weight is 421 g/mol. The molecule has 4 heteroatoms. The first-order chi connectivity index (χ1) is 14.4. The monoisotopic (exact) mass is 420 g/mol. The summed E-state index contributed by atoms with van der Waals surface area (Å²) in [6.45, 7) is 3.90. The van der Waals surface area contributed by atoms with Crippen LogP contribution in [0, 0.1) is 11.3 Å². The zero-order chi connectivity index (χ0) is 22.2. The summed E-state index contributed by atoms with van der Waals surface area (Å²) in [7, 11) is 0. The van der Waals surface area contributed by atoms with Crippen LogP contribution in [0.4, 0.5) is 0 Å². The maximum Gasteiger partial charge on any atom is 0.331 e. The normalized spacial score (nSPS) is 20.9. The minimum Gasteiger partial charge on any atom is -0.481 e. The number of hydrogen-bond acceptors (Lipinski definition) is 2. The minimum atomic E-state index is -1.13. The van der Waals surface area contributed by atoms with Gasteiger partial charge in [0.15, 0.2) is 0 Å². The number of allylic oxidation sites excluding steroid dienone is 2. The van der Waals surface area contributed by atoms with E-state index in [1.54, 1.807) is 25.2 Å². The highest BCUT2D eigenvalue weighted by molar-refractivity contribution is 5.91. The number of carboxylic acid groups (broad SMARTS) is 2. The van der Waals surface area contributed by atoms with E-state index in [1.165, 1.54) is 77.0 Å². The van der Waals surface area contributed by atoms with Gasteiger partial charge in [-0.25, -0.2) is 4.79 Å². The van der Waals surface area contributed by atoms with Crippen molar-refractivity contribution in [1.82, 2.24) is 0 Å². The van der Waals surface area contributed by atoms with Crippen LogP contribution in [0.3, 0.4) is 0 Å². The van der Waals surface area contributed by atoms with Crippen LogP contribution in [0.5, 0.6) is 0 Å². The van der Waals surface area contributed by atoms with Crippen LogP contribution < -0.4 is 0 Å². The molecular formula is C26H44O4. The number of hydrogen-bond donors (Lipinski definition) is 2. The number of carbonyl (C=O) groups is 2. The summed E-state index contributed by atoms with van der Waals surface area (Å²) in [4.78, 5) is 23.3. The lowest BCUT2D eigenvalue weighted by Crippen LogP contribution is -2.38. The van der Waals surface area contributed by atoms with Gasteiger partial charge >= 0.3 is 11.9 Å². The fourth-order valence-corrected chi connectivity index (χ4v) is 4.52. The molecule has 0 aromatic carbocycles. The highest BCUT2D eigenvalue weighted by Gasteiger charge is 2.43. The Morgan fingerprint density at radius 2 is 1.23 bits per heavy atom. The fraction of sp³-hybridized carbons (Fsp3) is 0.769. The van der Waals surface area contributed by atoms with Gasteiger partial charge in [0.25, 0.3) is 0 Å². The van der Waals surface area contributed by atoms with E-state index in [2.05, 4.69) is 6.92 Å². The van der Waals surface area contributed by atoms with Gasteiger partial charge in [-0.1, -0.05) is 121 Å². The van der Waals surface area contributed by atoms with Crippen LogP contribution in [-0.2, 0) is 9.59 Å². The SMILES string of the molecule is CCCCCCCCCCCCCCCCCC1C(C(=O)O)=CC=CC1(C)C(=O)O. The molecule has 30 heavy (non-hydrogen) atoms. The molecule has 1 rings (SSSR count). The second kappa shape index (κ2) is 15.3. The van der Waals surface area contributed by atoms with E-state index < -0.39 is 23.3 Å². The molecule has 2 atom stereocenters. The lowest BCUT2D eigenvalue weighted by Gasteiger charge is -2.34. The van der Waals surface area contributed by atoms with E-state index in [-0.39, 0.29) is 5.57 Å². The molecular weight excluding hydrogens is 376 g/mol. The lowest BCUT2D eigenvalue weighted by molar-refractivity contribution is -0.148. The third kappa shape index (κ3) is 9.49. The molecule has 0 bridgehead atoms. The number of aliphatic carboxylic acids is 2. The van der Waals surface area contributed by atoms with Crippen molar-refractivity contribution < 1.29 is 19.8 Å². The standard InChI is InChI=1S/C26H44O4/c1-3-4-5-6-7-8-9-10-11-12-13-14-15-16-17-20-23-22(24(27)28)19-18-21-26(23,2)25(29)30/h18-19,21,23H,3-17,20H2,1-2H3,(H,27,28)(H,29,30). The first-order valence-electron chi connectivity index (χ1n) is 12.3. The number of rotatable bonds is 18. The van der Waals surface area contributed by atoms with Gasteiger partial charge in [0.2, 0.25) is 0 Å². The Hall–Kier alpha value is -1.58. The molecule has 0 fully saturated rings. The average Bonchev–Trinajstić information content (AvgIpc) is 2.71. The van der Waals surface area contributed by atoms with Gasteiger partial charge in [0.05, 0.1) is 5.41 Å². The molecule has 0 aromatic heterocycles. The van der Waals surface area contributed by atoms with Crippen LogP contribution in [0.15, 0.2) is 23.8 Å². The molecule has 0 amide bonds. The van der Waals surface area contributed by atoms with Gasteiger partial charge in [0, 0.05) is 11.5 Å². The van der Waals surface area contributed by atoms with Gasteiger partial charge in [-0.2, -0.15) is 0 Å². The van der Waals surface area contributed by atoms with Crippen LogP contribution in [-0.4, -0.2) is 22.2 Å². The summed E-state index contributed by atoms with van der Waals surface area (Å²) < 4.78 is 0. The Bertz CT molecular complexity index is 563. The zero-order valence-electron chi connectivity index (χ0n) is 19.3. The Balaban J connectivity index is 2.10. The summed E-state index contributed by atoms with van der Waals surface area (Å²) in [5.41, 5.74) is -0.897. The predicted octanol–water partition coefficient (Wildman–Crippen LogP) is 7.54. The van der Waals surface area contributed by atoms with Crippen molar-refractivity contribution in [2.45, 2.75) is 117 Å². The first kappa shape index (κ1) is 26.5. The lowest BCUT2D eigenvalue weighted by atomic mass is 9.68. The van der Waals surface area contributed by atoms with E-state index >= 15 is 0 Å². The summed E-state index contributed by atoms with van der Waals surface area (Å²) in [5.74, 6) is -2.41. The van der Waals surface area contributed by atoms with Crippen LogP contribution in [0.1, 0.15) is 117 Å². The van der Waals surface area contributed by atoms with E-state index in [1.807, 2.05) is 0 Å². The molecule has 0 saturated carbocycles. The summed E-state index contributed by atoms with van der Waals surface area (Å²) in [6, 6.07) is 0. The molecule has 2 unspecified atom stereocenters. The van der Waals surface area contributed by atoms with Gasteiger partial charge in [-0.3, -0.25) is 4.79 Å². The predicted molar refractivity (Wildman–Crippen MR) is 124 cm³/mol. The van der Waals surface area contributed by atoms with E-state index in [0.29, 0.717) is 6.42 Å². The van der Waals surface area contributed by atoms with Crippen molar-refractivity contribution in [3.63, 3.8) is 0 Å². The van der Waals surface area contributed by atoms with E-state index in [4.69, 9.17) is 0 Å². The summed E-state index contributed by atoms with van der Waals surface area (Å²) >= 11 is 0. The van der Waals surface area contributed by atoms with Crippen molar-refractivity contribution in [1.29, 1.82) is 0 Å². The third-order valence-corrected chi connectivity index (χ3v) is 6.62. The molecule has 0 heterocycles. The molecule has 0 aliphatic heterocycles. The molecule has 0 radical (unpaired) electrons. The van der Waals surface area contributed by atoms with Gasteiger partial charge in [0.1, 0.15) is 0 Å². The van der Waals surface area contributed by atoms with E-state index in [0.717, 1.165) is 19.3 Å². The van der Waals surface area contributed by atoms with Crippen molar-refractivity contribution in [2.75, 3.05) is 0 Å². The van der Waals surface area contributed by atoms with Gasteiger partial charge in [-0.05, 0) is 13.3 Å². The van der Waals surface area contributed by atoms with Crippen molar-refractivity contribution in [3.05, 3.63) is 23.8 Å². The molecule has 0 aromatic rings. The molecule has 2 N–H and O–H groups in total. The number of carboxylic acids is 2. The van der Waals surface area contributed by atoms with Crippen LogP contribution in [0.25, 0.3) is 0 Å². The molecule has 172 valence electrons. The van der Waals surface area contributed by atoms with Crippen LogP contribution in [0.2, 0.25) is 0 Å². The topological polar surface area (TPSA) is 74.6 Å². The third-order valence-electron chi connectivity index (χ3n) is 6.62. The second-order valence-corrected chi connectivity index (χ2v) is 9.17. The van der Waals surface area contributed by atoms with Crippen molar-refractivity contribution >= 4 is 11.9 Å². The Morgan fingerprint density at radius 1 is 0.800 bits per heavy atom. The zero-order valence-corrected chi connectivity index (χ0v) is 19.3.